The van der Waals surface area contributed by atoms with Crippen LogP contribution in [0.5, 0.6) is 0 Å². The lowest BCUT2D eigenvalue weighted by Gasteiger charge is -1.96. The van der Waals surface area contributed by atoms with Crippen LogP contribution in [0.4, 0.5) is 0 Å². The standard InChI is InChI=1S/C8H11Cl2N/c1-5(2)7(9)11-8(10)6(3)4/h1H2,2-4H3. The van der Waals surface area contributed by atoms with Crippen LogP contribution in [0.2, 0.25) is 0 Å². The molecule has 0 bridgehead atoms. The van der Waals surface area contributed by atoms with Crippen LogP contribution in [0.25, 0.3) is 0 Å². The number of halogens is 2. The molecule has 0 rings (SSSR count). The molecular weight excluding hydrogens is 181 g/mol. The van der Waals surface area contributed by atoms with Gasteiger partial charge >= 0.3 is 0 Å². The summed E-state index contributed by atoms with van der Waals surface area (Å²) in [5, 5.41) is 0.786. The number of rotatable bonds is 2. The molecule has 0 saturated heterocycles. The third kappa shape index (κ3) is 4.23. The van der Waals surface area contributed by atoms with E-state index in [1.54, 1.807) is 6.92 Å². The number of allylic oxidation sites excluding steroid dienone is 2. The highest BCUT2D eigenvalue weighted by molar-refractivity contribution is 6.69. The highest BCUT2D eigenvalue weighted by atomic mass is 35.5. The van der Waals surface area contributed by atoms with Gasteiger partial charge in [-0.3, -0.25) is 0 Å². The van der Waals surface area contributed by atoms with Gasteiger partial charge in [0, 0.05) is 0 Å². The molecule has 0 spiro atoms. The molecule has 0 N–H and O–H groups in total. The number of hydrogen-bond acceptors (Lipinski definition) is 1. The van der Waals surface area contributed by atoms with Gasteiger partial charge in [0.05, 0.1) is 0 Å². The summed E-state index contributed by atoms with van der Waals surface area (Å²) in [4.78, 5) is 3.90. The van der Waals surface area contributed by atoms with Gasteiger partial charge in [-0.05, 0) is 31.9 Å². The maximum atomic E-state index is 5.72. The summed E-state index contributed by atoms with van der Waals surface area (Å²) in [6.07, 6.45) is 0. The van der Waals surface area contributed by atoms with Crippen molar-refractivity contribution in [3.05, 3.63) is 22.9 Å². The molecule has 0 aliphatic rings. The second kappa shape index (κ2) is 4.58. The summed E-state index contributed by atoms with van der Waals surface area (Å²) in [6, 6.07) is 0. The molecule has 0 saturated carbocycles. The van der Waals surface area contributed by atoms with Gasteiger partial charge in [-0.25, -0.2) is 4.99 Å². The van der Waals surface area contributed by atoms with Gasteiger partial charge in [-0.15, -0.1) is 0 Å². The van der Waals surface area contributed by atoms with Crippen LogP contribution in [0, 0.1) is 0 Å². The summed E-state index contributed by atoms with van der Waals surface area (Å²) in [7, 11) is 0. The molecule has 0 unspecified atom stereocenters. The molecular formula is C8H11Cl2N. The smallest absolute Gasteiger partial charge is 0.133 e. The molecule has 0 fully saturated rings. The molecule has 0 amide bonds. The maximum absolute atomic E-state index is 5.72. The third-order valence-electron chi connectivity index (χ3n) is 0.961. The van der Waals surface area contributed by atoms with Crippen molar-refractivity contribution >= 4 is 28.4 Å². The first kappa shape index (κ1) is 10.7. The van der Waals surface area contributed by atoms with Crippen LogP contribution in [0.15, 0.2) is 27.9 Å². The molecule has 0 aromatic heterocycles. The van der Waals surface area contributed by atoms with Crippen LogP contribution in [-0.2, 0) is 0 Å². The van der Waals surface area contributed by atoms with Crippen LogP contribution in [-0.4, -0.2) is 5.17 Å². The Bertz CT molecular complexity index is 222. The van der Waals surface area contributed by atoms with Crippen LogP contribution >= 0.6 is 23.2 Å². The van der Waals surface area contributed by atoms with E-state index < -0.39 is 0 Å². The Morgan fingerprint density at radius 1 is 1.18 bits per heavy atom. The van der Waals surface area contributed by atoms with Gasteiger partial charge in [0.2, 0.25) is 0 Å². The van der Waals surface area contributed by atoms with Crippen molar-refractivity contribution in [2.75, 3.05) is 0 Å². The van der Waals surface area contributed by atoms with E-state index in [9.17, 15) is 0 Å². The van der Waals surface area contributed by atoms with Gasteiger partial charge in [0.25, 0.3) is 0 Å². The van der Waals surface area contributed by atoms with E-state index in [4.69, 9.17) is 23.2 Å². The fraction of sp³-hybridized carbons (Fsp3) is 0.375. The average molecular weight is 192 g/mol. The zero-order valence-corrected chi connectivity index (χ0v) is 8.42. The first-order valence-electron chi connectivity index (χ1n) is 3.18. The molecule has 0 heterocycles. The van der Waals surface area contributed by atoms with Gasteiger partial charge in [0.1, 0.15) is 10.3 Å². The van der Waals surface area contributed by atoms with Gasteiger partial charge < -0.3 is 0 Å². The fourth-order valence-electron chi connectivity index (χ4n) is 0.293. The third-order valence-corrected chi connectivity index (χ3v) is 1.83. The lowest BCUT2D eigenvalue weighted by molar-refractivity contribution is 1.30. The SMILES string of the molecule is C=C(C)C(Cl)=NC(Cl)=C(C)C. The summed E-state index contributed by atoms with van der Waals surface area (Å²) < 4.78 is 0. The number of aliphatic imine (C=N–C) groups is 1. The normalized spacial score (nSPS) is 11.2. The predicted molar refractivity (Wildman–Crippen MR) is 52.3 cm³/mol. The molecule has 0 aliphatic carbocycles. The quantitative estimate of drug-likeness (QED) is 0.467. The Hall–Kier alpha value is -0.270. The Kier molecular flexibility index (Phi) is 4.46. The Balaban J connectivity index is 4.58. The van der Waals surface area contributed by atoms with E-state index in [0.29, 0.717) is 15.9 Å². The van der Waals surface area contributed by atoms with E-state index in [-0.39, 0.29) is 0 Å². The van der Waals surface area contributed by atoms with Gasteiger partial charge in [-0.1, -0.05) is 29.8 Å². The minimum Gasteiger partial charge on any atom is -0.224 e. The predicted octanol–water partition coefficient (Wildman–Crippen LogP) is 3.69. The summed E-state index contributed by atoms with van der Waals surface area (Å²) in [6.45, 7) is 9.14. The zero-order chi connectivity index (χ0) is 9.02. The Morgan fingerprint density at radius 2 is 1.64 bits per heavy atom. The van der Waals surface area contributed by atoms with Crippen LogP contribution in [0.1, 0.15) is 20.8 Å². The van der Waals surface area contributed by atoms with E-state index in [1.165, 1.54) is 0 Å². The van der Waals surface area contributed by atoms with Gasteiger partial charge in [-0.2, -0.15) is 0 Å². The molecule has 0 aromatic carbocycles. The highest BCUT2D eigenvalue weighted by Gasteiger charge is 1.96. The first-order valence-corrected chi connectivity index (χ1v) is 3.93. The molecule has 0 radical (unpaired) electrons. The lowest BCUT2D eigenvalue weighted by Crippen LogP contribution is -1.87. The minimum absolute atomic E-state index is 0.358. The molecule has 0 atom stereocenters. The monoisotopic (exact) mass is 191 g/mol. The van der Waals surface area contributed by atoms with Crippen molar-refractivity contribution in [3.63, 3.8) is 0 Å². The molecule has 0 aliphatic heterocycles. The topological polar surface area (TPSA) is 12.4 Å². The molecule has 3 heteroatoms. The Labute approximate surface area is 77.4 Å². The van der Waals surface area contributed by atoms with Crippen molar-refractivity contribution in [2.45, 2.75) is 20.8 Å². The van der Waals surface area contributed by atoms with Crippen molar-refractivity contribution in [1.29, 1.82) is 0 Å². The highest BCUT2D eigenvalue weighted by Crippen LogP contribution is 2.12. The van der Waals surface area contributed by atoms with E-state index in [1.807, 2.05) is 13.8 Å². The maximum Gasteiger partial charge on any atom is 0.133 e. The largest absolute Gasteiger partial charge is 0.224 e. The zero-order valence-electron chi connectivity index (χ0n) is 6.91. The van der Waals surface area contributed by atoms with Crippen molar-refractivity contribution in [1.82, 2.24) is 0 Å². The Morgan fingerprint density at radius 3 is 1.91 bits per heavy atom. The lowest BCUT2D eigenvalue weighted by atomic mass is 10.4. The van der Waals surface area contributed by atoms with E-state index in [0.717, 1.165) is 5.57 Å². The fourth-order valence-corrected chi connectivity index (χ4v) is 0.506. The molecule has 0 aromatic rings. The van der Waals surface area contributed by atoms with Crippen LogP contribution in [0.3, 0.4) is 0 Å². The van der Waals surface area contributed by atoms with Gasteiger partial charge in [0.15, 0.2) is 0 Å². The molecule has 11 heavy (non-hydrogen) atoms. The molecule has 1 nitrogen and oxygen atoms in total. The second-order valence-electron chi connectivity index (χ2n) is 2.47. The average Bonchev–Trinajstić information content (AvgIpc) is 1.87. The summed E-state index contributed by atoms with van der Waals surface area (Å²) in [5.41, 5.74) is 1.65. The number of hydrogen-bond donors (Lipinski definition) is 0. The first-order chi connectivity index (χ1) is 4.95. The van der Waals surface area contributed by atoms with Crippen molar-refractivity contribution < 1.29 is 0 Å². The summed E-state index contributed by atoms with van der Waals surface area (Å²) >= 11 is 11.4. The second-order valence-corrected chi connectivity index (χ2v) is 3.19. The summed E-state index contributed by atoms with van der Waals surface area (Å²) in [5.74, 6) is 0. The van der Waals surface area contributed by atoms with Crippen molar-refractivity contribution in [3.8, 4) is 0 Å². The van der Waals surface area contributed by atoms with E-state index >= 15 is 0 Å². The molecule has 62 valence electrons. The van der Waals surface area contributed by atoms with Crippen LogP contribution < -0.4 is 0 Å². The van der Waals surface area contributed by atoms with Crippen molar-refractivity contribution in [2.24, 2.45) is 4.99 Å². The van der Waals surface area contributed by atoms with E-state index in [2.05, 4.69) is 11.6 Å². The number of nitrogens with zero attached hydrogens (tertiary/aromatic N) is 1. The minimum atomic E-state index is 0.358.